The van der Waals surface area contributed by atoms with Gasteiger partial charge in [-0.3, -0.25) is 9.59 Å². The van der Waals surface area contributed by atoms with Crippen LogP contribution in [0, 0.1) is 34.6 Å². The number of aromatic nitrogens is 4. The van der Waals surface area contributed by atoms with Gasteiger partial charge in [-0.15, -0.1) is 0 Å². The highest BCUT2D eigenvalue weighted by molar-refractivity contribution is 5.95. The number of rotatable bonds is 6. The summed E-state index contributed by atoms with van der Waals surface area (Å²) in [6.45, 7) is 9.82. The first-order valence-corrected chi connectivity index (χ1v) is 9.95. The molecule has 0 unspecified atom stereocenters. The zero-order chi connectivity index (χ0) is 22.0. The van der Waals surface area contributed by atoms with E-state index in [1.807, 2.05) is 46.8 Å². The Bertz CT molecular complexity index is 1100. The van der Waals surface area contributed by atoms with Crippen molar-refractivity contribution in [2.45, 2.75) is 47.5 Å². The minimum Gasteiger partial charge on any atom is -0.336 e. The molecule has 0 fully saturated rings. The number of hydrogen-bond donors (Lipinski definition) is 1. The van der Waals surface area contributed by atoms with Crippen LogP contribution in [0.15, 0.2) is 18.5 Å². The van der Waals surface area contributed by atoms with E-state index >= 15 is 0 Å². The van der Waals surface area contributed by atoms with E-state index in [1.54, 1.807) is 11.6 Å². The molecule has 8 heteroatoms. The van der Waals surface area contributed by atoms with Crippen molar-refractivity contribution in [2.75, 3.05) is 18.9 Å². The third-order valence-electron chi connectivity index (χ3n) is 5.33. The van der Waals surface area contributed by atoms with E-state index < -0.39 is 0 Å². The van der Waals surface area contributed by atoms with Crippen LogP contribution in [0.4, 0.5) is 5.69 Å². The average Bonchev–Trinajstić information content (AvgIpc) is 3.12. The van der Waals surface area contributed by atoms with Crippen molar-refractivity contribution in [3.05, 3.63) is 52.1 Å². The maximum absolute atomic E-state index is 12.6. The van der Waals surface area contributed by atoms with Crippen LogP contribution >= 0.6 is 0 Å². The molecule has 0 aliphatic heterocycles. The summed E-state index contributed by atoms with van der Waals surface area (Å²) in [5.74, 6) is 0.245. The molecule has 1 aromatic carbocycles. The lowest BCUT2D eigenvalue weighted by atomic mass is 10.1. The molecule has 0 radical (unpaired) electrons. The van der Waals surface area contributed by atoms with Gasteiger partial charge in [-0.25, -0.2) is 9.50 Å². The van der Waals surface area contributed by atoms with Crippen LogP contribution in [0.3, 0.4) is 0 Å². The van der Waals surface area contributed by atoms with Gasteiger partial charge < -0.3 is 10.2 Å². The number of carbonyl (C=O) groups is 2. The second-order valence-corrected chi connectivity index (χ2v) is 7.80. The Kier molecular flexibility index (Phi) is 6.14. The zero-order valence-electron chi connectivity index (χ0n) is 18.4. The van der Waals surface area contributed by atoms with Crippen molar-refractivity contribution in [1.82, 2.24) is 24.5 Å². The summed E-state index contributed by atoms with van der Waals surface area (Å²) in [5, 5.41) is 7.12. The van der Waals surface area contributed by atoms with Gasteiger partial charge >= 0.3 is 0 Å². The van der Waals surface area contributed by atoms with Gasteiger partial charge in [-0.1, -0.05) is 17.7 Å². The Balaban J connectivity index is 1.61. The van der Waals surface area contributed by atoms with Crippen LogP contribution in [-0.2, 0) is 16.0 Å². The van der Waals surface area contributed by atoms with Crippen LogP contribution in [-0.4, -0.2) is 49.9 Å². The monoisotopic (exact) mass is 408 g/mol. The van der Waals surface area contributed by atoms with Crippen molar-refractivity contribution in [1.29, 1.82) is 0 Å². The molecule has 2 heterocycles. The van der Waals surface area contributed by atoms with Gasteiger partial charge in [0.1, 0.15) is 6.33 Å². The van der Waals surface area contributed by atoms with E-state index in [1.165, 1.54) is 11.2 Å². The Morgan fingerprint density at radius 1 is 1.10 bits per heavy atom. The SMILES string of the molecule is Cc1cc(C)c(NC(=O)CN(C)C(=O)CCc2c(C)nc3ncnn3c2C)c(C)c1. The first kappa shape index (κ1) is 21.4. The van der Waals surface area contributed by atoms with Gasteiger partial charge in [0.15, 0.2) is 0 Å². The Morgan fingerprint density at radius 3 is 2.43 bits per heavy atom. The number of fused-ring (bicyclic) bond motifs is 1. The third-order valence-corrected chi connectivity index (χ3v) is 5.33. The first-order valence-electron chi connectivity index (χ1n) is 9.95. The summed E-state index contributed by atoms with van der Waals surface area (Å²) >= 11 is 0. The van der Waals surface area contributed by atoms with Gasteiger partial charge in [-0.2, -0.15) is 10.1 Å². The second kappa shape index (κ2) is 8.61. The standard InChI is InChI=1S/C22H28N6O2/c1-13-9-14(2)21(15(3)10-13)26-19(29)11-27(6)20(30)8-7-18-16(4)25-22-23-12-24-28(22)17(18)5/h9-10,12H,7-8,11H2,1-6H3,(H,26,29). The third kappa shape index (κ3) is 4.48. The van der Waals surface area contributed by atoms with E-state index in [0.717, 1.165) is 39.3 Å². The molecule has 0 saturated carbocycles. The summed E-state index contributed by atoms with van der Waals surface area (Å²) in [5.41, 5.74) is 6.73. The highest BCUT2D eigenvalue weighted by atomic mass is 16.2. The molecule has 1 N–H and O–H groups in total. The molecule has 2 amide bonds. The Hall–Kier alpha value is -3.29. The van der Waals surface area contributed by atoms with Crippen molar-refractivity contribution in [3.63, 3.8) is 0 Å². The smallest absolute Gasteiger partial charge is 0.252 e. The molecular weight excluding hydrogens is 380 g/mol. The topological polar surface area (TPSA) is 92.5 Å². The summed E-state index contributed by atoms with van der Waals surface area (Å²) in [6, 6.07) is 4.06. The highest BCUT2D eigenvalue weighted by Crippen LogP contribution is 2.22. The fourth-order valence-corrected chi connectivity index (χ4v) is 3.80. The average molecular weight is 409 g/mol. The molecule has 3 rings (SSSR count). The largest absolute Gasteiger partial charge is 0.336 e. The van der Waals surface area contributed by atoms with E-state index in [9.17, 15) is 9.59 Å². The van der Waals surface area contributed by atoms with Gasteiger partial charge in [0.2, 0.25) is 11.8 Å². The van der Waals surface area contributed by atoms with Gasteiger partial charge in [0.05, 0.1) is 6.54 Å². The molecule has 0 saturated heterocycles. The lowest BCUT2D eigenvalue weighted by Gasteiger charge is -2.19. The van der Waals surface area contributed by atoms with Gasteiger partial charge in [-0.05, 0) is 57.7 Å². The van der Waals surface area contributed by atoms with E-state index in [0.29, 0.717) is 12.2 Å². The summed E-state index contributed by atoms with van der Waals surface area (Å²) in [4.78, 5) is 35.1. The van der Waals surface area contributed by atoms with Gasteiger partial charge in [0.25, 0.3) is 5.78 Å². The molecule has 0 atom stereocenters. The maximum Gasteiger partial charge on any atom is 0.252 e. The fourth-order valence-electron chi connectivity index (χ4n) is 3.80. The van der Waals surface area contributed by atoms with Crippen molar-refractivity contribution >= 4 is 23.3 Å². The quantitative estimate of drug-likeness (QED) is 0.677. The molecule has 158 valence electrons. The van der Waals surface area contributed by atoms with Crippen LogP contribution in [0.2, 0.25) is 0 Å². The molecule has 2 aromatic heterocycles. The normalized spacial score (nSPS) is 11.0. The van der Waals surface area contributed by atoms with Crippen LogP contribution in [0.1, 0.15) is 40.1 Å². The Labute approximate surface area is 176 Å². The molecule has 3 aromatic rings. The first-order chi connectivity index (χ1) is 14.2. The molecule has 8 nitrogen and oxygen atoms in total. The predicted molar refractivity (Wildman–Crippen MR) is 115 cm³/mol. The highest BCUT2D eigenvalue weighted by Gasteiger charge is 2.17. The minimum atomic E-state index is -0.209. The second-order valence-electron chi connectivity index (χ2n) is 7.80. The summed E-state index contributed by atoms with van der Waals surface area (Å²) < 4.78 is 1.68. The maximum atomic E-state index is 12.6. The molecule has 30 heavy (non-hydrogen) atoms. The number of nitrogens with one attached hydrogen (secondary N) is 1. The number of benzene rings is 1. The fraction of sp³-hybridized carbons (Fsp3) is 0.409. The molecule has 0 aliphatic rings. The van der Waals surface area contributed by atoms with E-state index in [-0.39, 0.29) is 24.8 Å². The summed E-state index contributed by atoms with van der Waals surface area (Å²) in [6.07, 6.45) is 2.28. The van der Waals surface area contributed by atoms with Crippen LogP contribution in [0.5, 0.6) is 0 Å². The Morgan fingerprint density at radius 2 is 1.77 bits per heavy atom. The lowest BCUT2D eigenvalue weighted by molar-refractivity contribution is -0.133. The van der Waals surface area contributed by atoms with Crippen LogP contribution in [0.25, 0.3) is 5.78 Å². The van der Waals surface area contributed by atoms with Gasteiger partial charge in [0, 0.05) is 30.5 Å². The zero-order valence-corrected chi connectivity index (χ0v) is 18.4. The predicted octanol–water partition coefficient (Wildman–Crippen LogP) is 2.70. The lowest BCUT2D eigenvalue weighted by Crippen LogP contribution is -2.35. The van der Waals surface area contributed by atoms with Crippen LogP contribution < -0.4 is 5.32 Å². The van der Waals surface area contributed by atoms with Crippen molar-refractivity contribution in [2.24, 2.45) is 0 Å². The number of likely N-dealkylation sites (N-methyl/N-ethyl adjacent to an activating group) is 1. The number of nitrogens with zero attached hydrogens (tertiary/aromatic N) is 5. The van der Waals surface area contributed by atoms with E-state index in [4.69, 9.17) is 0 Å². The molecule has 0 bridgehead atoms. The van der Waals surface area contributed by atoms with Crippen molar-refractivity contribution in [3.8, 4) is 0 Å². The minimum absolute atomic E-state index is 0.00388. The number of aryl methyl sites for hydroxylation is 5. The number of anilines is 1. The molecular formula is C22H28N6O2. The van der Waals surface area contributed by atoms with Crippen molar-refractivity contribution < 1.29 is 9.59 Å². The van der Waals surface area contributed by atoms with E-state index in [2.05, 4.69) is 20.4 Å². The summed E-state index contributed by atoms with van der Waals surface area (Å²) in [7, 11) is 1.65. The molecule has 0 spiro atoms. The number of amides is 2. The number of carbonyl (C=O) groups excluding carboxylic acids is 2. The molecule has 0 aliphatic carbocycles. The number of hydrogen-bond acceptors (Lipinski definition) is 5.